The van der Waals surface area contributed by atoms with E-state index in [1.807, 2.05) is 6.07 Å². The van der Waals surface area contributed by atoms with Crippen LogP contribution in [-0.2, 0) is 14.8 Å². The average Bonchev–Trinajstić information content (AvgIpc) is 2.75. The molecule has 1 heterocycles. The molecule has 31 heavy (non-hydrogen) atoms. The summed E-state index contributed by atoms with van der Waals surface area (Å²) in [6, 6.07) is 11.3. The highest BCUT2D eigenvalue weighted by atomic mass is 35.5. The normalized spacial score (nSPS) is 14.7. The number of piperidine rings is 1. The van der Waals surface area contributed by atoms with E-state index in [1.54, 1.807) is 36.9 Å². The first kappa shape index (κ1) is 23.2. The Labute approximate surface area is 188 Å². The van der Waals surface area contributed by atoms with Gasteiger partial charge in [-0.2, -0.15) is 4.31 Å². The van der Waals surface area contributed by atoms with Crippen LogP contribution in [0.4, 0.5) is 11.4 Å². The van der Waals surface area contributed by atoms with Crippen LogP contribution in [-0.4, -0.2) is 44.2 Å². The second-order valence-electron chi connectivity index (χ2n) is 7.24. The van der Waals surface area contributed by atoms with Gasteiger partial charge in [0.15, 0.2) is 0 Å². The largest absolute Gasteiger partial charge is 0.322 e. The van der Waals surface area contributed by atoms with Crippen molar-refractivity contribution < 1.29 is 18.0 Å². The molecule has 1 aliphatic heterocycles. The van der Waals surface area contributed by atoms with Gasteiger partial charge in [0.2, 0.25) is 15.9 Å². The van der Waals surface area contributed by atoms with Gasteiger partial charge in [0.25, 0.3) is 5.91 Å². The molecule has 2 amide bonds. The summed E-state index contributed by atoms with van der Waals surface area (Å²) in [5.74, 6) is -0.395. The molecule has 0 spiro atoms. The van der Waals surface area contributed by atoms with E-state index >= 15 is 0 Å². The number of anilines is 2. The van der Waals surface area contributed by atoms with Crippen molar-refractivity contribution in [1.82, 2.24) is 4.31 Å². The molecule has 0 unspecified atom stereocenters. The summed E-state index contributed by atoms with van der Waals surface area (Å²) in [6.07, 6.45) is 2.35. The quantitative estimate of drug-likeness (QED) is 0.668. The molecular weight excluding hydrogens is 438 g/mol. The maximum absolute atomic E-state index is 12.9. The lowest BCUT2D eigenvalue weighted by atomic mass is 10.1. The fourth-order valence-corrected chi connectivity index (χ4v) is 5.54. The standard InChI is InChI=1S/C22H26ClN3O4S/c1-3-25(4-2)31(29,30)20-14-16(11-12-19(20)23)22(28)24-17-8-7-9-18(15-17)26-13-6-5-10-21(26)27/h7-9,11-12,14-15H,3-6,10,13H2,1-2H3,(H,24,28). The van der Waals surface area contributed by atoms with Gasteiger partial charge in [0.1, 0.15) is 4.90 Å². The van der Waals surface area contributed by atoms with Crippen molar-refractivity contribution in [3.63, 3.8) is 0 Å². The van der Waals surface area contributed by atoms with Gasteiger partial charge < -0.3 is 10.2 Å². The molecule has 1 N–H and O–H groups in total. The molecule has 0 aromatic heterocycles. The van der Waals surface area contributed by atoms with E-state index < -0.39 is 15.9 Å². The van der Waals surface area contributed by atoms with Gasteiger partial charge in [-0.15, -0.1) is 0 Å². The highest BCUT2D eigenvalue weighted by Crippen LogP contribution is 2.27. The number of benzene rings is 2. The first-order valence-corrected chi connectivity index (χ1v) is 12.1. The number of amides is 2. The molecule has 0 radical (unpaired) electrons. The smallest absolute Gasteiger partial charge is 0.255 e. The predicted octanol–water partition coefficient (Wildman–Crippen LogP) is 4.14. The third-order valence-electron chi connectivity index (χ3n) is 5.26. The molecule has 7 nitrogen and oxygen atoms in total. The van der Waals surface area contributed by atoms with Gasteiger partial charge in [-0.25, -0.2) is 8.42 Å². The zero-order valence-electron chi connectivity index (χ0n) is 17.6. The maximum atomic E-state index is 12.9. The number of nitrogens with zero attached hydrogens (tertiary/aromatic N) is 2. The van der Waals surface area contributed by atoms with Crippen LogP contribution in [0.25, 0.3) is 0 Å². The third-order valence-corrected chi connectivity index (χ3v) is 7.79. The minimum atomic E-state index is -3.81. The van der Waals surface area contributed by atoms with Crippen LogP contribution in [0.3, 0.4) is 0 Å². The van der Waals surface area contributed by atoms with E-state index in [9.17, 15) is 18.0 Å². The monoisotopic (exact) mass is 463 g/mol. The van der Waals surface area contributed by atoms with Crippen molar-refractivity contribution in [2.24, 2.45) is 0 Å². The summed E-state index contributed by atoms with van der Waals surface area (Å²) in [7, 11) is -3.81. The number of rotatable bonds is 7. The lowest BCUT2D eigenvalue weighted by Gasteiger charge is -2.27. The summed E-state index contributed by atoms with van der Waals surface area (Å²) in [6.45, 7) is 4.73. The summed E-state index contributed by atoms with van der Waals surface area (Å²) in [5.41, 5.74) is 1.42. The van der Waals surface area contributed by atoms with Crippen LogP contribution in [0.15, 0.2) is 47.4 Å². The third kappa shape index (κ3) is 5.08. The molecule has 1 saturated heterocycles. The van der Waals surface area contributed by atoms with E-state index in [-0.39, 0.29) is 21.4 Å². The van der Waals surface area contributed by atoms with Crippen molar-refractivity contribution in [2.45, 2.75) is 38.0 Å². The fraction of sp³-hybridized carbons (Fsp3) is 0.364. The van der Waals surface area contributed by atoms with Gasteiger partial charge in [-0.1, -0.05) is 31.5 Å². The Morgan fingerprint density at radius 1 is 1.13 bits per heavy atom. The molecule has 2 aromatic carbocycles. The highest BCUT2D eigenvalue weighted by Gasteiger charge is 2.26. The summed E-state index contributed by atoms with van der Waals surface area (Å²) >= 11 is 6.15. The molecule has 3 rings (SSSR count). The number of hydrogen-bond acceptors (Lipinski definition) is 4. The molecule has 166 valence electrons. The van der Waals surface area contributed by atoms with Crippen LogP contribution < -0.4 is 10.2 Å². The summed E-state index contributed by atoms with van der Waals surface area (Å²) in [5, 5.41) is 2.84. The molecule has 0 atom stereocenters. The Kier molecular flexibility index (Phi) is 7.35. The zero-order valence-corrected chi connectivity index (χ0v) is 19.2. The zero-order chi connectivity index (χ0) is 22.6. The van der Waals surface area contributed by atoms with E-state index in [1.165, 1.54) is 22.5 Å². The molecule has 1 aliphatic rings. The average molecular weight is 464 g/mol. The Morgan fingerprint density at radius 3 is 2.55 bits per heavy atom. The van der Waals surface area contributed by atoms with Gasteiger partial charge >= 0.3 is 0 Å². The van der Waals surface area contributed by atoms with Crippen LogP contribution in [0.5, 0.6) is 0 Å². The van der Waals surface area contributed by atoms with E-state index in [4.69, 9.17) is 11.6 Å². The number of carbonyl (C=O) groups excluding carboxylic acids is 2. The molecule has 0 bridgehead atoms. The predicted molar refractivity (Wildman–Crippen MR) is 122 cm³/mol. The lowest BCUT2D eigenvalue weighted by molar-refractivity contribution is -0.119. The first-order valence-electron chi connectivity index (χ1n) is 10.3. The fourth-order valence-electron chi connectivity index (χ4n) is 3.58. The number of halogens is 1. The number of carbonyl (C=O) groups is 2. The van der Waals surface area contributed by atoms with Crippen molar-refractivity contribution in [1.29, 1.82) is 0 Å². The van der Waals surface area contributed by atoms with Crippen LogP contribution in [0.1, 0.15) is 43.5 Å². The van der Waals surface area contributed by atoms with Crippen LogP contribution in [0, 0.1) is 0 Å². The first-order chi connectivity index (χ1) is 14.8. The lowest BCUT2D eigenvalue weighted by Crippen LogP contribution is -2.35. The Balaban J connectivity index is 1.85. The molecule has 0 aliphatic carbocycles. The summed E-state index contributed by atoms with van der Waals surface area (Å²) < 4.78 is 27.0. The molecule has 0 saturated carbocycles. The second kappa shape index (κ2) is 9.80. The van der Waals surface area contributed by atoms with Crippen molar-refractivity contribution >= 4 is 44.8 Å². The molecular formula is C22H26ClN3O4S. The molecule has 2 aromatic rings. The minimum absolute atomic E-state index is 0.0639. The van der Waals surface area contributed by atoms with E-state index in [0.29, 0.717) is 31.7 Å². The Morgan fingerprint density at radius 2 is 1.87 bits per heavy atom. The highest BCUT2D eigenvalue weighted by molar-refractivity contribution is 7.89. The van der Waals surface area contributed by atoms with Crippen LogP contribution in [0.2, 0.25) is 5.02 Å². The number of hydrogen-bond donors (Lipinski definition) is 1. The van der Waals surface area contributed by atoms with E-state index in [2.05, 4.69) is 5.32 Å². The SMILES string of the molecule is CCN(CC)S(=O)(=O)c1cc(C(=O)Nc2cccc(N3CCCCC3=O)c2)ccc1Cl. The van der Waals surface area contributed by atoms with Gasteiger partial charge in [-0.3, -0.25) is 9.59 Å². The number of nitrogens with one attached hydrogen (secondary N) is 1. The topological polar surface area (TPSA) is 86.8 Å². The summed E-state index contributed by atoms with van der Waals surface area (Å²) in [4.78, 5) is 26.6. The maximum Gasteiger partial charge on any atom is 0.255 e. The molecule has 1 fully saturated rings. The van der Waals surface area contributed by atoms with Crippen molar-refractivity contribution in [3.8, 4) is 0 Å². The molecule has 9 heteroatoms. The minimum Gasteiger partial charge on any atom is -0.322 e. The van der Waals surface area contributed by atoms with Gasteiger partial charge in [-0.05, 0) is 49.2 Å². The Hall–Kier alpha value is -2.42. The van der Waals surface area contributed by atoms with Crippen molar-refractivity contribution in [3.05, 3.63) is 53.1 Å². The van der Waals surface area contributed by atoms with Gasteiger partial charge in [0, 0.05) is 43.0 Å². The van der Waals surface area contributed by atoms with Crippen molar-refractivity contribution in [2.75, 3.05) is 29.9 Å². The van der Waals surface area contributed by atoms with E-state index in [0.717, 1.165) is 18.5 Å². The van der Waals surface area contributed by atoms with Gasteiger partial charge in [0.05, 0.1) is 5.02 Å². The van der Waals surface area contributed by atoms with Crippen LogP contribution >= 0.6 is 11.6 Å². The second-order valence-corrected chi connectivity index (χ2v) is 9.56. The Bertz CT molecular complexity index is 1080. The number of sulfonamides is 1.